The summed E-state index contributed by atoms with van der Waals surface area (Å²) < 4.78 is 0. The number of rotatable bonds is 6. The van der Waals surface area contributed by atoms with Crippen molar-refractivity contribution in [1.82, 2.24) is 15.1 Å². The molecule has 2 aromatic carbocycles. The van der Waals surface area contributed by atoms with Gasteiger partial charge in [0.25, 0.3) is 0 Å². The molecule has 0 atom stereocenters. The van der Waals surface area contributed by atoms with Crippen LogP contribution >= 0.6 is 11.6 Å². The van der Waals surface area contributed by atoms with E-state index in [-0.39, 0.29) is 11.9 Å². The molecule has 0 aliphatic carbocycles. The lowest BCUT2D eigenvalue weighted by atomic mass is 10.1. The van der Waals surface area contributed by atoms with E-state index >= 15 is 0 Å². The van der Waals surface area contributed by atoms with Gasteiger partial charge in [0, 0.05) is 44.7 Å². The van der Waals surface area contributed by atoms with Crippen molar-refractivity contribution in [3.8, 4) is 0 Å². The molecule has 0 aromatic heterocycles. The molecule has 1 N–H and O–H groups in total. The van der Waals surface area contributed by atoms with Crippen molar-refractivity contribution in [2.45, 2.75) is 32.5 Å². The minimum Gasteiger partial charge on any atom is -0.338 e. The van der Waals surface area contributed by atoms with Gasteiger partial charge in [-0.25, -0.2) is 4.79 Å². The van der Waals surface area contributed by atoms with Crippen molar-refractivity contribution in [3.63, 3.8) is 0 Å². The Morgan fingerprint density at radius 2 is 1.78 bits per heavy atom. The molecule has 0 unspecified atom stereocenters. The second-order valence-corrected chi connectivity index (χ2v) is 7.20. The first-order valence-corrected chi connectivity index (χ1v) is 9.49. The van der Waals surface area contributed by atoms with Gasteiger partial charge >= 0.3 is 6.03 Å². The average Bonchev–Trinajstić information content (AvgIpc) is 3.07. The van der Waals surface area contributed by atoms with Crippen LogP contribution in [0.25, 0.3) is 0 Å². The molecular formula is C21H24ClN3O2. The Labute approximate surface area is 164 Å². The first-order chi connectivity index (χ1) is 13.0. The van der Waals surface area contributed by atoms with Crippen molar-refractivity contribution >= 4 is 23.5 Å². The minimum atomic E-state index is -0.165. The van der Waals surface area contributed by atoms with Crippen molar-refractivity contribution < 1.29 is 9.59 Å². The van der Waals surface area contributed by atoms with Gasteiger partial charge in [0.2, 0.25) is 5.91 Å². The Morgan fingerprint density at radius 3 is 2.44 bits per heavy atom. The summed E-state index contributed by atoms with van der Waals surface area (Å²) in [4.78, 5) is 27.8. The quantitative estimate of drug-likeness (QED) is 0.822. The molecule has 1 aliphatic heterocycles. The summed E-state index contributed by atoms with van der Waals surface area (Å²) in [7, 11) is 1.74. The van der Waals surface area contributed by atoms with E-state index < -0.39 is 0 Å². The van der Waals surface area contributed by atoms with E-state index in [0.29, 0.717) is 31.1 Å². The van der Waals surface area contributed by atoms with Gasteiger partial charge in [-0.1, -0.05) is 54.1 Å². The summed E-state index contributed by atoms with van der Waals surface area (Å²) >= 11 is 6.17. The Bertz CT molecular complexity index is 825. The zero-order chi connectivity index (χ0) is 19.2. The molecule has 3 amide bonds. The summed E-state index contributed by atoms with van der Waals surface area (Å²) in [6, 6.07) is 15.3. The van der Waals surface area contributed by atoms with E-state index in [4.69, 9.17) is 11.6 Å². The van der Waals surface area contributed by atoms with E-state index in [1.54, 1.807) is 11.9 Å². The first-order valence-electron chi connectivity index (χ1n) is 9.11. The molecule has 142 valence electrons. The molecule has 6 heteroatoms. The third-order valence-electron chi connectivity index (χ3n) is 4.79. The Balaban J connectivity index is 1.58. The number of nitrogens with zero attached hydrogens (tertiary/aromatic N) is 2. The van der Waals surface area contributed by atoms with Gasteiger partial charge in [-0.05, 0) is 29.2 Å². The van der Waals surface area contributed by atoms with Crippen LogP contribution in [0.2, 0.25) is 5.02 Å². The van der Waals surface area contributed by atoms with E-state index in [0.717, 1.165) is 29.7 Å². The molecule has 3 rings (SSSR count). The number of hydrogen-bond donors (Lipinski definition) is 1. The number of halogens is 1. The van der Waals surface area contributed by atoms with Crippen molar-refractivity contribution in [1.29, 1.82) is 0 Å². The fourth-order valence-electron chi connectivity index (χ4n) is 3.22. The van der Waals surface area contributed by atoms with Gasteiger partial charge < -0.3 is 15.1 Å². The maximum atomic E-state index is 12.4. The predicted octanol–water partition coefficient (Wildman–Crippen LogP) is 3.80. The average molecular weight is 386 g/mol. The van der Waals surface area contributed by atoms with Gasteiger partial charge in [0.15, 0.2) is 0 Å². The molecule has 1 aliphatic rings. The maximum absolute atomic E-state index is 12.4. The third-order valence-corrected chi connectivity index (χ3v) is 5.16. The normalized spacial score (nSPS) is 13.7. The van der Waals surface area contributed by atoms with Gasteiger partial charge in [-0.15, -0.1) is 0 Å². The molecule has 0 radical (unpaired) electrons. The molecule has 5 nitrogen and oxygen atoms in total. The largest absolute Gasteiger partial charge is 0.338 e. The number of likely N-dealkylation sites (tertiary alicyclic amines) is 1. The van der Waals surface area contributed by atoms with Crippen molar-refractivity contribution in [3.05, 3.63) is 70.2 Å². The summed E-state index contributed by atoms with van der Waals surface area (Å²) in [5.74, 6) is 0.202. The lowest BCUT2D eigenvalue weighted by Crippen LogP contribution is -2.36. The summed E-state index contributed by atoms with van der Waals surface area (Å²) in [5, 5.41) is 3.61. The highest BCUT2D eigenvalue weighted by atomic mass is 35.5. The Morgan fingerprint density at radius 1 is 1.11 bits per heavy atom. The fourth-order valence-corrected chi connectivity index (χ4v) is 3.42. The number of hydrogen-bond acceptors (Lipinski definition) is 2. The molecule has 2 aromatic rings. The fraction of sp³-hybridized carbons (Fsp3) is 0.333. The highest BCUT2D eigenvalue weighted by Crippen LogP contribution is 2.18. The zero-order valence-corrected chi connectivity index (χ0v) is 16.2. The van der Waals surface area contributed by atoms with E-state index in [9.17, 15) is 9.59 Å². The Hall–Kier alpha value is -2.53. The molecule has 1 saturated heterocycles. The number of nitrogens with one attached hydrogen (secondary N) is 1. The van der Waals surface area contributed by atoms with E-state index in [1.807, 2.05) is 53.4 Å². The van der Waals surface area contributed by atoms with Crippen LogP contribution in [0.4, 0.5) is 4.79 Å². The number of carbonyl (C=O) groups excluding carboxylic acids is 2. The van der Waals surface area contributed by atoms with Crippen LogP contribution in [0.15, 0.2) is 48.5 Å². The molecule has 0 spiro atoms. The third kappa shape index (κ3) is 5.01. The summed E-state index contributed by atoms with van der Waals surface area (Å²) in [6.07, 6.45) is 1.55. The standard InChI is InChI=1S/C21H24ClN3O2/c1-24(14-18-9-4-5-10-19(18)22)21(27)23-13-16-7-2-3-8-17(16)15-25-12-6-11-20(25)26/h2-5,7-10H,6,11-15H2,1H3,(H,23,27). The lowest BCUT2D eigenvalue weighted by Gasteiger charge is -2.21. The van der Waals surface area contributed by atoms with Gasteiger partial charge in [0.1, 0.15) is 0 Å². The smallest absolute Gasteiger partial charge is 0.317 e. The van der Waals surface area contributed by atoms with Crippen LogP contribution in [-0.2, 0) is 24.4 Å². The highest BCUT2D eigenvalue weighted by Gasteiger charge is 2.21. The predicted molar refractivity (Wildman–Crippen MR) is 106 cm³/mol. The van der Waals surface area contributed by atoms with Crippen LogP contribution in [-0.4, -0.2) is 35.3 Å². The second kappa shape index (κ2) is 8.91. The van der Waals surface area contributed by atoms with Crippen LogP contribution in [0.5, 0.6) is 0 Å². The lowest BCUT2D eigenvalue weighted by molar-refractivity contribution is -0.128. The second-order valence-electron chi connectivity index (χ2n) is 6.79. The van der Waals surface area contributed by atoms with Gasteiger partial charge in [-0.3, -0.25) is 4.79 Å². The summed E-state index contributed by atoms with van der Waals surface area (Å²) in [5.41, 5.74) is 3.00. The topological polar surface area (TPSA) is 52.7 Å². The highest BCUT2D eigenvalue weighted by molar-refractivity contribution is 6.31. The number of urea groups is 1. The molecule has 1 heterocycles. The number of carbonyl (C=O) groups is 2. The van der Waals surface area contributed by atoms with Gasteiger partial charge in [-0.2, -0.15) is 0 Å². The van der Waals surface area contributed by atoms with E-state index in [2.05, 4.69) is 5.32 Å². The molecular weight excluding hydrogens is 362 g/mol. The monoisotopic (exact) mass is 385 g/mol. The number of amides is 3. The zero-order valence-electron chi connectivity index (χ0n) is 15.5. The van der Waals surface area contributed by atoms with Crippen molar-refractivity contribution in [2.24, 2.45) is 0 Å². The minimum absolute atomic E-state index is 0.165. The molecule has 27 heavy (non-hydrogen) atoms. The summed E-state index contributed by atoms with van der Waals surface area (Å²) in [6.45, 7) is 2.26. The molecule has 0 saturated carbocycles. The SMILES string of the molecule is CN(Cc1ccccc1Cl)C(=O)NCc1ccccc1CN1CCCC1=O. The Kier molecular flexibility index (Phi) is 6.35. The van der Waals surface area contributed by atoms with E-state index in [1.165, 1.54) is 0 Å². The first kappa shape index (κ1) is 19.2. The van der Waals surface area contributed by atoms with Crippen LogP contribution < -0.4 is 5.32 Å². The molecule has 1 fully saturated rings. The van der Waals surface area contributed by atoms with Crippen molar-refractivity contribution in [2.75, 3.05) is 13.6 Å². The van der Waals surface area contributed by atoms with Crippen LogP contribution in [0.3, 0.4) is 0 Å². The number of benzene rings is 2. The molecule has 0 bridgehead atoms. The maximum Gasteiger partial charge on any atom is 0.317 e. The van der Waals surface area contributed by atoms with Crippen LogP contribution in [0, 0.1) is 0 Å². The van der Waals surface area contributed by atoms with Crippen LogP contribution in [0.1, 0.15) is 29.5 Å². The van der Waals surface area contributed by atoms with Gasteiger partial charge in [0.05, 0.1) is 0 Å².